The van der Waals surface area contributed by atoms with Gasteiger partial charge in [-0.2, -0.15) is 0 Å². The summed E-state index contributed by atoms with van der Waals surface area (Å²) in [6.07, 6.45) is 3.74. The third-order valence-electron chi connectivity index (χ3n) is 3.13. The van der Waals surface area contributed by atoms with Gasteiger partial charge in [0.25, 0.3) is 0 Å². The lowest BCUT2D eigenvalue weighted by molar-refractivity contribution is 0.195. The summed E-state index contributed by atoms with van der Waals surface area (Å²) in [5.41, 5.74) is 0. The van der Waals surface area contributed by atoms with Crippen molar-refractivity contribution in [3.05, 3.63) is 0 Å². The highest BCUT2D eigenvalue weighted by Crippen LogP contribution is 2.16. The minimum atomic E-state index is -2.92. The fraction of sp³-hybridized carbons (Fsp3) is 0.909. The molecule has 1 rings (SSSR count). The number of unbranched alkanes of at least 4 members (excludes halogenated alkanes) is 2. The molecule has 6 heteroatoms. The average molecular weight is 262 g/mol. The monoisotopic (exact) mass is 262 g/mol. The lowest BCUT2D eigenvalue weighted by atomic mass is 10.2. The number of carbonyl (C=O) groups is 1. The zero-order chi connectivity index (χ0) is 12.9. The summed E-state index contributed by atoms with van der Waals surface area (Å²) < 4.78 is 22.6. The van der Waals surface area contributed by atoms with Crippen LogP contribution in [0.2, 0.25) is 0 Å². The first-order valence-corrected chi connectivity index (χ1v) is 7.99. The van der Waals surface area contributed by atoms with E-state index in [2.05, 4.69) is 12.2 Å². The van der Waals surface area contributed by atoms with E-state index in [1.807, 2.05) is 0 Å². The molecule has 17 heavy (non-hydrogen) atoms. The number of nitrogens with zero attached hydrogens (tertiary/aromatic N) is 1. The summed E-state index contributed by atoms with van der Waals surface area (Å²) in [6, 6.07) is -0.325. The zero-order valence-corrected chi connectivity index (χ0v) is 11.4. The van der Waals surface area contributed by atoms with Crippen LogP contribution in [0.3, 0.4) is 0 Å². The van der Waals surface area contributed by atoms with Crippen LogP contribution in [0.5, 0.6) is 0 Å². The van der Waals surface area contributed by atoms with Gasteiger partial charge in [-0.05, 0) is 12.8 Å². The molecule has 0 aromatic carbocycles. The van der Waals surface area contributed by atoms with Crippen molar-refractivity contribution in [2.24, 2.45) is 0 Å². The van der Waals surface area contributed by atoms with Crippen molar-refractivity contribution >= 4 is 15.9 Å². The Bertz CT molecular complexity index is 354. The van der Waals surface area contributed by atoms with Crippen LogP contribution < -0.4 is 5.32 Å². The molecule has 1 fully saturated rings. The van der Waals surface area contributed by atoms with Gasteiger partial charge >= 0.3 is 6.03 Å². The van der Waals surface area contributed by atoms with Crippen LogP contribution in [0.25, 0.3) is 0 Å². The van der Waals surface area contributed by atoms with E-state index in [1.165, 1.54) is 4.90 Å². The van der Waals surface area contributed by atoms with Crippen LogP contribution in [0.1, 0.15) is 32.6 Å². The Morgan fingerprint density at radius 2 is 2.12 bits per heavy atom. The van der Waals surface area contributed by atoms with E-state index in [-0.39, 0.29) is 23.6 Å². The van der Waals surface area contributed by atoms with Crippen LogP contribution in [-0.2, 0) is 9.84 Å². The van der Waals surface area contributed by atoms with Crippen molar-refractivity contribution in [3.8, 4) is 0 Å². The SMILES string of the molecule is CCCCCNC(=O)N(C)C1CCS(=O)(=O)C1. The molecule has 0 aromatic heterocycles. The second-order valence-corrected chi connectivity index (χ2v) is 6.84. The van der Waals surface area contributed by atoms with Gasteiger partial charge in [0.15, 0.2) is 9.84 Å². The maximum absolute atomic E-state index is 11.7. The van der Waals surface area contributed by atoms with Crippen molar-refractivity contribution in [3.63, 3.8) is 0 Å². The van der Waals surface area contributed by atoms with Crippen LogP contribution in [0.15, 0.2) is 0 Å². The first-order chi connectivity index (χ1) is 7.96. The third kappa shape index (κ3) is 4.53. The van der Waals surface area contributed by atoms with E-state index in [0.29, 0.717) is 13.0 Å². The van der Waals surface area contributed by atoms with E-state index < -0.39 is 9.84 Å². The fourth-order valence-electron chi connectivity index (χ4n) is 1.94. The molecule has 1 aliphatic heterocycles. The van der Waals surface area contributed by atoms with Gasteiger partial charge in [-0.25, -0.2) is 13.2 Å². The molecule has 2 amide bonds. The fourth-order valence-corrected chi connectivity index (χ4v) is 3.72. The second kappa shape index (κ2) is 6.23. The number of hydrogen-bond acceptors (Lipinski definition) is 3. The molecule has 1 unspecified atom stereocenters. The van der Waals surface area contributed by atoms with Crippen LogP contribution >= 0.6 is 0 Å². The molecule has 0 saturated carbocycles. The molecule has 100 valence electrons. The van der Waals surface area contributed by atoms with Gasteiger partial charge < -0.3 is 10.2 Å². The molecular weight excluding hydrogens is 240 g/mol. The summed E-state index contributed by atoms with van der Waals surface area (Å²) in [6.45, 7) is 2.77. The highest BCUT2D eigenvalue weighted by Gasteiger charge is 2.32. The Labute approximate surface area is 103 Å². The summed E-state index contributed by atoms with van der Waals surface area (Å²) in [7, 11) is -1.26. The molecule has 1 N–H and O–H groups in total. The van der Waals surface area contributed by atoms with E-state index in [1.54, 1.807) is 7.05 Å². The number of sulfone groups is 1. The van der Waals surface area contributed by atoms with Crippen molar-refractivity contribution in [1.29, 1.82) is 0 Å². The van der Waals surface area contributed by atoms with Gasteiger partial charge in [0, 0.05) is 19.6 Å². The lowest BCUT2D eigenvalue weighted by Gasteiger charge is -2.23. The molecule has 1 heterocycles. The summed E-state index contributed by atoms with van der Waals surface area (Å²) >= 11 is 0. The van der Waals surface area contributed by atoms with Crippen molar-refractivity contribution in [2.75, 3.05) is 25.1 Å². The normalized spacial score (nSPS) is 22.4. The summed E-state index contributed by atoms with van der Waals surface area (Å²) in [4.78, 5) is 13.2. The van der Waals surface area contributed by atoms with Gasteiger partial charge in [0.1, 0.15) is 0 Å². The number of rotatable bonds is 5. The topological polar surface area (TPSA) is 66.5 Å². The standard InChI is InChI=1S/C11H22N2O3S/c1-3-4-5-7-12-11(14)13(2)10-6-8-17(15,16)9-10/h10H,3-9H2,1-2H3,(H,12,14). The number of nitrogens with one attached hydrogen (secondary N) is 1. The number of hydrogen-bond donors (Lipinski definition) is 1. The predicted octanol–water partition coefficient (Wildman–Crippen LogP) is 1.01. The van der Waals surface area contributed by atoms with E-state index in [0.717, 1.165) is 19.3 Å². The number of urea groups is 1. The molecule has 1 saturated heterocycles. The molecule has 1 aliphatic rings. The first kappa shape index (κ1) is 14.3. The van der Waals surface area contributed by atoms with E-state index >= 15 is 0 Å². The minimum absolute atomic E-state index is 0.103. The first-order valence-electron chi connectivity index (χ1n) is 6.17. The molecule has 5 nitrogen and oxygen atoms in total. The van der Waals surface area contributed by atoms with Gasteiger partial charge in [-0.15, -0.1) is 0 Å². The third-order valence-corrected chi connectivity index (χ3v) is 4.88. The van der Waals surface area contributed by atoms with Gasteiger partial charge in [0.2, 0.25) is 0 Å². The van der Waals surface area contributed by atoms with Crippen LogP contribution in [0.4, 0.5) is 4.79 Å². The Hall–Kier alpha value is -0.780. The Balaban J connectivity index is 2.32. The van der Waals surface area contributed by atoms with Gasteiger partial charge in [-0.3, -0.25) is 0 Å². The van der Waals surface area contributed by atoms with Crippen molar-refractivity contribution < 1.29 is 13.2 Å². The Kier molecular flexibility index (Phi) is 5.24. The highest BCUT2D eigenvalue weighted by molar-refractivity contribution is 7.91. The molecule has 1 atom stereocenters. The van der Waals surface area contributed by atoms with Crippen molar-refractivity contribution in [1.82, 2.24) is 10.2 Å². The van der Waals surface area contributed by atoms with Gasteiger partial charge in [0.05, 0.1) is 11.5 Å². The minimum Gasteiger partial charge on any atom is -0.338 e. The maximum atomic E-state index is 11.7. The quantitative estimate of drug-likeness (QED) is 0.752. The predicted molar refractivity (Wildman–Crippen MR) is 67.7 cm³/mol. The number of carbonyl (C=O) groups excluding carboxylic acids is 1. The molecule has 0 bridgehead atoms. The largest absolute Gasteiger partial charge is 0.338 e. The highest BCUT2D eigenvalue weighted by atomic mass is 32.2. The van der Waals surface area contributed by atoms with Crippen molar-refractivity contribution in [2.45, 2.75) is 38.6 Å². The average Bonchev–Trinajstić information content (AvgIpc) is 2.64. The molecule has 0 aliphatic carbocycles. The van der Waals surface area contributed by atoms with E-state index in [9.17, 15) is 13.2 Å². The van der Waals surface area contributed by atoms with E-state index in [4.69, 9.17) is 0 Å². The maximum Gasteiger partial charge on any atom is 0.317 e. The molecule has 0 aromatic rings. The van der Waals surface area contributed by atoms with Gasteiger partial charge in [-0.1, -0.05) is 19.8 Å². The van der Waals surface area contributed by atoms with Crippen LogP contribution in [-0.4, -0.2) is 50.5 Å². The Morgan fingerprint density at radius 3 is 2.65 bits per heavy atom. The lowest BCUT2D eigenvalue weighted by Crippen LogP contribution is -2.44. The smallest absolute Gasteiger partial charge is 0.317 e. The van der Waals surface area contributed by atoms with Crippen LogP contribution in [0, 0.1) is 0 Å². The molecular formula is C11H22N2O3S. The molecule has 0 spiro atoms. The second-order valence-electron chi connectivity index (χ2n) is 4.61. The molecule has 0 radical (unpaired) electrons. The zero-order valence-electron chi connectivity index (χ0n) is 10.6. The Morgan fingerprint density at radius 1 is 1.41 bits per heavy atom. The number of amides is 2. The summed E-state index contributed by atoms with van der Waals surface area (Å²) in [5.74, 6) is 0.303. The summed E-state index contributed by atoms with van der Waals surface area (Å²) in [5, 5.41) is 2.81.